The molecule has 0 atom stereocenters. The van der Waals surface area contributed by atoms with Crippen molar-refractivity contribution >= 4 is 39.8 Å². The second-order valence-electron chi connectivity index (χ2n) is 6.98. The highest BCUT2D eigenvalue weighted by atomic mass is 35.5. The number of hydrogen-bond donors (Lipinski definition) is 1. The normalized spacial score (nSPS) is 11.4. The Hall–Kier alpha value is -3.71. The van der Waals surface area contributed by atoms with Crippen molar-refractivity contribution < 1.29 is 9.90 Å². The molecule has 0 unspecified atom stereocenters. The highest BCUT2D eigenvalue weighted by Crippen LogP contribution is 2.27. The number of aromatic nitrogens is 5. The molecule has 0 amide bonds. The molecular formula is C22H15ClN5O2-. The van der Waals surface area contributed by atoms with Crippen LogP contribution >= 0.6 is 11.6 Å². The quantitative estimate of drug-likeness (QED) is 0.484. The maximum atomic E-state index is 11.2. The molecule has 5 rings (SSSR count). The van der Waals surface area contributed by atoms with Gasteiger partial charge in [0.25, 0.3) is 0 Å². The van der Waals surface area contributed by atoms with Gasteiger partial charge in [0.05, 0.1) is 29.2 Å². The minimum Gasteiger partial charge on any atom is -0.543 e. The predicted octanol–water partition coefficient (Wildman–Crippen LogP) is 3.35. The van der Waals surface area contributed by atoms with E-state index < -0.39 is 5.97 Å². The molecule has 0 bridgehead atoms. The molecule has 1 N–H and O–H groups in total. The fourth-order valence-corrected chi connectivity index (χ4v) is 3.74. The summed E-state index contributed by atoms with van der Waals surface area (Å²) in [6.45, 7) is 2.25. The maximum absolute atomic E-state index is 11.2. The molecule has 0 spiro atoms. The molecule has 7 nitrogen and oxygen atoms in total. The van der Waals surface area contributed by atoms with Gasteiger partial charge in [0, 0.05) is 10.6 Å². The number of halogens is 1. The van der Waals surface area contributed by atoms with Crippen LogP contribution in [0.25, 0.3) is 33.6 Å². The second kappa shape index (κ2) is 6.96. The Kier molecular flexibility index (Phi) is 4.25. The minimum absolute atomic E-state index is 0.130. The molecule has 30 heavy (non-hydrogen) atoms. The first-order valence-corrected chi connectivity index (χ1v) is 9.66. The van der Waals surface area contributed by atoms with Gasteiger partial charge in [0.2, 0.25) is 0 Å². The number of carbonyl (C=O) groups is 1. The number of nitrogens with zero attached hydrogens (tertiary/aromatic N) is 4. The Bertz CT molecular complexity index is 1400. The van der Waals surface area contributed by atoms with E-state index in [1.165, 1.54) is 6.07 Å². The van der Waals surface area contributed by atoms with Crippen LogP contribution in [-0.4, -0.2) is 30.5 Å². The molecule has 5 aromatic rings. The lowest BCUT2D eigenvalue weighted by molar-refractivity contribution is -0.255. The van der Waals surface area contributed by atoms with E-state index in [-0.39, 0.29) is 5.69 Å². The number of aryl methyl sites for hydroxylation is 1. The van der Waals surface area contributed by atoms with Crippen LogP contribution in [0.5, 0.6) is 0 Å². The summed E-state index contributed by atoms with van der Waals surface area (Å²) < 4.78 is 1.84. The number of pyridine rings is 1. The van der Waals surface area contributed by atoms with Crippen molar-refractivity contribution in [3.8, 4) is 11.4 Å². The lowest BCUT2D eigenvalue weighted by Crippen LogP contribution is -2.23. The number of benzene rings is 2. The van der Waals surface area contributed by atoms with Crippen LogP contribution in [0.4, 0.5) is 0 Å². The summed E-state index contributed by atoms with van der Waals surface area (Å²) >= 11 is 6.58. The zero-order valence-corrected chi connectivity index (χ0v) is 16.6. The van der Waals surface area contributed by atoms with Crippen molar-refractivity contribution in [2.75, 3.05) is 0 Å². The van der Waals surface area contributed by atoms with Gasteiger partial charge in [-0.3, -0.25) is 0 Å². The van der Waals surface area contributed by atoms with Crippen LogP contribution in [0.15, 0.2) is 54.6 Å². The van der Waals surface area contributed by atoms with Crippen LogP contribution in [0.1, 0.15) is 21.9 Å². The van der Waals surface area contributed by atoms with E-state index >= 15 is 0 Å². The Balaban J connectivity index is 1.52. The second-order valence-corrected chi connectivity index (χ2v) is 7.39. The first-order chi connectivity index (χ1) is 14.5. The number of carboxylic acid groups (broad SMARTS) is 1. The van der Waals surface area contributed by atoms with Crippen molar-refractivity contribution in [2.24, 2.45) is 0 Å². The molecule has 3 aromatic heterocycles. The van der Waals surface area contributed by atoms with Gasteiger partial charge < -0.3 is 19.5 Å². The number of imidazole rings is 2. The van der Waals surface area contributed by atoms with E-state index in [1.807, 2.05) is 54.0 Å². The number of hydrogen-bond acceptors (Lipinski definition) is 5. The Labute approximate surface area is 176 Å². The summed E-state index contributed by atoms with van der Waals surface area (Å²) in [6, 6.07) is 16.6. The standard InChI is InChI=1S/C22H16ClN5O2/c1-12-24-18-8-9-19(22(29)30)27-21(18)28(12)11-14-7-6-13(10-15(14)23)20-25-16-4-2-3-5-17(16)26-20/h2-10H,11H2,1H3,(H,25,26)(H,29,30)/p-1. The van der Waals surface area contributed by atoms with Gasteiger partial charge in [-0.25, -0.2) is 15.0 Å². The van der Waals surface area contributed by atoms with E-state index in [9.17, 15) is 9.90 Å². The predicted molar refractivity (Wildman–Crippen MR) is 112 cm³/mol. The van der Waals surface area contributed by atoms with Crippen molar-refractivity contribution in [3.05, 3.63) is 76.7 Å². The highest BCUT2D eigenvalue weighted by Gasteiger charge is 2.13. The zero-order chi connectivity index (χ0) is 20.8. The van der Waals surface area contributed by atoms with Crippen LogP contribution in [0.3, 0.4) is 0 Å². The van der Waals surface area contributed by atoms with Gasteiger partial charge in [-0.2, -0.15) is 0 Å². The van der Waals surface area contributed by atoms with Crippen molar-refractivity contribution in [3.63, 3.8) is 0 Å². The molecule has 0 radical (unpaired) electrons. The molecule has 148 valence electrons. The number of aromatic carboxylic acids is 1. The molecule has 0 aliphatic heterocycles. The fourth-order valence-electron chi connectivity index (χ4n) is 3.50. The fraction of sp³-hybridized carbons (Fsp3) is 0.0909. The number of aromatic amines is 1. The van der Waals surface area contributed by atoms with E-state index in [2.05, 4.69) is 19.9 Å². The molecule has 8 heteroatoms. The molecule has 2 aromatic carbocycles. The summed E-state index contributed by atoms with van der Waals surface area (Å²) in [6.07, 6.45) is 0. The number of fused-ring (bicyclic) bond motifs is 2. The van der Waals surface area contributed by atoms with Crippen LogP contribution in [-0.2, 0) is 6.54 Å². The van der Waals surface area contributed by atoms with E-state index in [0.717, 1.165) is 28.0 Å². The van der Waals surface area contributed by atoms with Crippen LogP contribution in [0.2, 0.25) is 5.02 Å². The van der Waals surface area contributed by atoms with Crippen molar-refractivity contribution in [2.45, 2.75) is 13.5 Å². The largest absolute Gasteiger partial charge is 0.543 e. The monoisotopic (exact) mass is 416 g/mol. The SMILES string of the molecule is Cc1nc2ccc(C(=O)[O-])nc2n1Cc1ccc(-c2nc3ccccc3[nH]2)cc1Cl. The van der Waals surface area contributed by atoms with Gasteiger partial charge in [-0.05, 0) is 42.8 Å². The van der Waals surface area contributed by atoms with Gasteiger partial charge in [0.15, 0.2) is 5.65 Å². The summed E-state index contributed by atoms with van der Waals surface area (Å²) in [7, 11) is 0. The molecular weight excluding hydrogens is 402 g/mol. The number of carbonyl (C=O) groups excluding carboxylic acids is 1. The van der Waals surface area contributed by atoms with Crippen molar-refractivity contribution in [1.29, 1.82) is 0 Å². The first-order valence-electron chi connectivity index (χ1n) is 9.28. The van der Waals surface area contributed by atoms with E-state index in [4.69, 9.17) is 11.6 Å². The summed E-state index contributed by atoms with van der Waals surface area (Å²) in [4.78, 5) is 27.7. The molecule has 3 heterocycles. The van der Waals surface area contributed by atoms with Crippen LogP contribution in [0, 0.1) is 6.92 Å². The zero-order valence-electron chi connectivity index (χ0n) is 15.9. The lowest BCUT2D eigenvalue weighted by atomic mass is 10.1. The Morgan fingerprint density at radius 3 is 2.67 bits per heavy atom. The number of para-hydroxylation sites is 2. The first kappa shape index (κ1) is 18.3. The minimum atomic E-state index is -1.32. The average Bonchev–Trinajstić information content (AvgIpc) is 3.30. The van der Waals surface area contributed by atoms with Crippen molar-refractivity contribution in [1.82, 2.24) is 24.5 Å². The molecule has 0 aliphatic carbocycles. The van der Waals surface area contributed by atoms with E-state index in [1.54, 1.807) is 6.07 Å². The summed E-state index contributed by atoms with van der Waals surface area (Å²) in [5, 5.41) is 11.8. The molecule has 0 saturated heterocycles. The van der Waals surface area contributed by atoms with E-state index in [0.29, 0.717) is 28.6 Å². The average molecular weight is 417 g/mol. The molecule has 0 fully saturated rings. The molecule has 0 saturated carbocycles. The Morgan fingerprint density at radius 2 is 1.90 bits per heavy atom. The number of H-pyrrole nitrogens is 1. The molecule has 0 aliphatic rings. The number of rotatable bonds is 4. The Morgan fingerprint density at radius 1 is 1.07 bits per heavy atom. The third-order valence-electron chi connectivity index (χ3n) is 5.04. The lowest BCUT2D eigenvalue weighted by Gasteiger charge is -2.10. The topological polar surface area (TPSA) is 99.5 Å². The number of carboxylic acids is 1. The maximum Gasteiger partial charge on any atom is 0.161 e. The smallest absolute Gasteiger partial charge is 0.161 e. The number of nitrogens with one attached hydrogen (secondary N) is 1. The van der Waals surface area contributed by atoms with Crippen LogP contribution < -0.4 is 5.11 Å². The summed E-state index contributed by atoms with van der Waals surface area (Å²) in [5.41, 5.74) is 4.56. The van der Waals surface area contributed by atoms with Gasteiger partial charge in [-0.1, -0.05) is 35.9 Å². The van der Waals surface area contributed by atoms with Gasteiger partial charge in [0.1, 0.15) is 17.2 Å². The van der Waals surface area contributed by atoms with Gasteiger partial charge in [-0.15, -0.1) is 0 Å². The summed E-state index contributed by atoms with van der Waals surface area (Å²) in [5.74, 6) is 0.134. The van der Waals surface area contributed by atoms with Gasteiger partial charge >= 0.3 is 0 Å². The third-order valence-corrected chi connectivity index (χ3v) is 5.39. The highest BCUT2D eigenvalue weighted by molar-refractivity contribution is 6.31. The third kappa shape index (κ3) is 3.09.